The lowest BCUT2D eigenvalue weighted by Crippen LogP contribution is -2.07. The van der Waals surface area contributed by atoms with E-state index in [-0.39, 0.29) is 0 Å². The van der Waals surface area contributed by atoms with E-state index in [1.807, 2.05) is 19.1 Å². The van der Waals surface area contributed by atoms with Crippen LogP contribution in [-0.4, -0.2) is 11.1 Å². The molecule has 1 aromatic rings. The largest absolute Gasteiger partial charge is 0.478 e. The van der Waals surface area contributed by atoms with Gasteiger partial charge in [0.2, 0.25) is 0 Å². The SMILES string of the molecule is CCC/C(Cc1ccc(C#N)cc1)=C(\CCC)C(=O)O. The predicted octanol–water partition coefficient (Wildman–Crippen LogP) is 4.08. The highest BCUT2D eigenvalue weighted by molar-refractivity contribution is 5.87. The van der Waals surface area contributed by atoms with Gasteiger partial charge in [0.1, 0.15) is 0 Å². The zero-order valence-corrected chi connectivity index (χ0v) is 12.1. The van der Waals surface area contributed by atoms with E-state index in [1.54, 1.807) is 12.1 Å². The van der Waals surface area contributed by atoms with E-state index in [1.165, 1.54) is 0 Å². The molecule has 0 aromatic heterocycles. The van der Waals surface area contributed by atoms with Crippen LogP contribution in [0.5, 0.6) is 0 Å². The van der Waals surface area contributed by atoms with Crippen LogP contribution >= 0.6 is 0 Å². The molecule has 0 spiro atoms. The summed E-state index contributed by atoms with van der Waals surface area (Å²) in [5.41, 5.74) is 3.24. The summed E-state index contributed by atoms with van der Waals surface area (Å²) >= 11 is 0. The van der Waals surface area contributed by atoms with Crippen molar-refractivity contribution in [2.24, 2.45) is 0 Å². The molecule has 0 bridgehead atoms. The van der Waals surface area contributed by atoms with Crippen molar-refractivity contribution in [1.82, 2.24) is 0 Å². The third-order valence-corrected chi connectivity index (χ3v) is 3.24. The van der Waals surface area contributed by atoms with Gasteiger partial charge in [-0.25, -0.2) is 4.79 Å². The Morgan fingerprint density at radius 2 is 1.75 bits per heavy atom. The average Bonchev–Trinajstić information content (AvgIpc) is 2.45. The summed E-state index contributed by atoms with van der Waals surface area (Å²) in [6, 6.07) is 9.45. The second kappa shape index (κ2) is 8.16. The van der Waals surface area contributed by atoms with Crippen molar-refractivity contribution in [3.63, 3.8) is 0 Å². The van der Waals surface area contributed by atoms with Gasteiger partial charge in [-0.1, -0.05) is 44.4 Å². The Labute approximate surface area is 120 Å². The smallest absolute Gasteiger partial charge is 0.331 e. The number of allylic oxidation sites excluding steroid dienone is 1. The zero-order chi connectivity index (χ0) is 15.0. The molecule has 0 saturated heterocycles. The molecule has 0 radical (unpaired) electrons. The van der Waals surface area contributed by atoms with Crippen LogP contribution < -0.4 is 0 Å². The Morgan fingerprint density at radius 1 is 1.15 bits per heavy atom. The van der Waals surface area contributed by atoms with Crippen LogP contribution in [0.1, 0.15) is 50.7 Å². The van der Waals surface area contributed by atoms with Gasteiger partial charge in [-0.3, -0.25) is 0 Å². The molecule has 106 valence electrons. The van der Waals surface area contributed by atoms with Crippen LogP contribution in [0.2, 0.25) is 0 Å². The Morgan fingerprint density at radius 3 is 2.20 bits per heavy atom. The summed E-state index contributed by atoms with van der Waals surface area (Å²) in [6.45, 7) is 4.05. The van der Waals surface area contributed by atoms with Crippen molar-refractivity contribution in [2.45, 2.75) is 46.0 Å². The second-order valence-corrected chi connectivity index (χ2v) is 4.87. The maximum Gasteiger partial charge on any atom is 0.331 e. The number of carbonyl (C=O) groups is 1. The molecule has 0 saturated carbocycles. The van der Waals surface area contributed by atoms with Gasteiger partial charge in [0.05, 0.1) is 11.6 Å². The maximum absolute atomic E-state index is 11.4. The fraction of sp³-hybridized carbons (Fsp3) is 0.412. The summed E-state index contributed by atoms with van der Waals surface area (Å²) in [6.07, 6.45) is 3.85. The minimum Gasteiger partial charge on any atom is -0.478 e. The summed E-state index contributed by atoms with van der Waals surface area (Å²) in [7, 11) is 0. The molecule has 0 amide bonds. The third kappa shape index (κ3) is 4.55. The third-order valence-electron chi connectivity index (χ3n) is 3.24. The van der Waals surface area contributed by atoms with Crippen LogP contribution in [0.3, 0.4) is 0 Å². The molecule has 0 unspecified atom stereocenters. The van der Waals surface area contributed by atoms with Gasteiger partial charge in [0, 0.05) is 5.57 Å². The average molecular weight is 271 g/mol. The Balaban J connectivity index is 3.03. The molecular weight excluding hydrogens is 250 g/mol. The Kier molecular flexibility index (Phi) is 6.52. The molecule has 3 nitrogen and oxygen atoms in total. The van der Waals surface area contributed by atoms with Crippen molar-refractivity contribution in [3.05, 3.63) is 46.5 Å². The minimum atomic E-state index is -0.802. The van der Waals surface area contributed by atoms with E-state index < -0.39 is 5.97 Å². The number of hydrogen-bond donors (Lipinski definition) is 1. The van der Waals surface area contributed by atoms with Crippen molar-refractivity contribution in [3.8, 4) is 6.07 Å². The summed E-state index contributed by atoms with van der Waals surface area (Å²) in [4.78, 5) is 11.4. The first-order valence-corrected chi connectivity index (χ1v) is 7.05. The van der Waals surface area contributed by atoms with Crippen LogP contribution in [0, 0.1) is 11.3 Å². The monoisotopic (exact) mass is 271 g/mol. The van der Waals surface area contributed by atoms with Gasteiger partial charge in [-0.2, -0.15) is 5.26 Å². The van der Waals surface area contributed by atoms with Gasteiger partial charge >= 0.3 is 5.97 Å². The highest BCUT2D eigenvalue weighted by Crippen LogP contribution is 2.21. The molecule has 1 rings (SSSR count). The lowest BCUT2D eigenvalue weighted by molar-refractivity contribution is -0.132. The molecule has 20 heavy (non-hydrogen) atoms. The lowest BCUT2D eigenvalue weighted by Gasteiger charge is -2.12. The Hall–Kier alpha value is -2.08. The van der Waals surface area contributed by atoms with Gasteiger partial charge in [0.15, 0.2) is 0 Å². The fourth-order valence-electron chi connectivity index (χ4n) is 2.28. The van der Waals surface area contributed by atoms with Gasteiger partial charge < -0.3 is 5.11 Å². The molecule has 0 fully saturated rings. The van der Waals surface area contributed by atoms with E-state index in [9.17, 15) is 9.90 Å². The van der Waals surface area contributed by atoms with Gasteiger partial charge in [0.25, 0.3) is 0 Å². The molecule has 0 aliphatic carbocycles. The van der Waals surface area contributed by atoms with E-state index in [0.29, 0.717) is 24.0 Å². The van der Waals surface area contributed by atoms with Crippen molar-refractivity contribution in [1.29, 1.82) is 5.26 Å². The number of hydrogen-bond acceptors (Lipinski definition) is 2. The molecule has 0 atom stereocenters. The normalized spacial score (nSPS) is 11.7. The van der Waals surface area contributed by atoms with E-state index in [0.717, 1.165) is 30.4 Å². The van der Waals surface area contributed by atoms with E-state index in [2.05, 4.69) is 13.0 Å². The molecule has 0 aliphatic rings. The zero-order valence-electron chi connectivity index (χ0n) is 12.1. The molecular formula is C17H21NO2. The minimum absolute atomic E-state index is 0.554. The molecule has 1 N–H and O–H groups in total. The number of rotatable bonds is 7. The first-order chi connectivity index (χ1) is 9.62. The number of nitriles is 1. The summed E-state index contributed by atoms with van der Waals surface area (Å²) in [5, 5.41) is 18.1. The highest BCUT2D eigenvalue weighted by Gasteiger charge is 2.13. The van der Waals surface area contributed by atoms with E-state index in [4.69, 9.17) is 5.26 Å². The van der Waals surface area contributed by atoms with Crippen LogP contribution in [0.4, 0.5) is 0 Å². The molecule has 0 aliphatic heterocycles. The van der Waals surface area contributed by atoms with Gasteiger partial charge in [-0.15, -0.1) is 0 Å². The van der Waals surface area contributed by atoms with Crippen LogP contribution in [0.15, 0.2) is 35.4 Å². The molecule has 3 heteroatoms. The number of benzene rings is 1. The lowest BCUT2D eigenvalue weighted by atomic mass is 9.93. The molecule has 1 aromatic carbocycles. The van der Waals surface area contributed by atoms with Gasteiger partial charge in [-0.05, 0) is 37.0 Å². The van der Waals surface area contributed by atoms with Crippen molar-refractivity contribution >= 4 is 5.97 Å². The van der Waals surface area contributed by atoms with Crippen LogP contribution in [-0.2, 0) is 11.2 Å². The predicted molar refractivity (Wildman–Crippen MR) is 79.3 cm³/mol. The number of carboxylic acids is 1. The standard InChI is InChI=1S/C17H21NO2/c1-3-5-15(16(6-4-2)17(19)20)11-13-7-9-14(12-18)10-8-13/h7-10H,3-6,11H2,1-2H3,(H,19,20)/b16-15-. The summed E-state index contributed by atoms with van der Waals surface area (Å²) in [5.74, 6) is -0.802. The van der Waals surface area contributed by atoms with Crippen molar-refractivity contribution in [2.75, 3.05) is 0 Å². The maximum atomic E-state index is 11.4. The topological polar surface area (TPSA) is 61.1 Å². The van der Waals surface area contributed by atoms with E-state index >= 15 is 0 Å². The first kappa shape index (κ1) is 16.0. The quantitative estimate of drug-likeness (QED) is 0.760. The fourth-order valence-corrected chi connectivity index (χ4v) is 2.28. The first-order valence-electron chi connectivity index (χ1n) is 7.05. The Bertz CT molecular complexity index is 521. The van der Waals surface area contributed by atoms with Crippen molar-refractivity contribution < 1.29 is 9.90 Å². The number of nitrogens with zero attached hydrogens (tertiary/aromatic N) is 1. The molecule has 0 heterocycles. The summed E-state index contributed by atoms with van der Waals surface area (Å²) < 4.78 is 0. The highest BCUT2D eigenvalue weighted by atomic mass is 16.4. The number of aliphatic carboxylic acids is 1. The van der Waals surface area contributed by atoms with Crippen LogP contribution in [0.25, 0.3) is 0 Å². The number of carboxylic acid groups (broad SMARTS) is 1. The second-order valence-electron chi connectivity index (χ2n) is 4.87.